The predicted molar refractivity (Wildman–Crippen MR) is 110 cm³/mol. The van der Waals surface area contributed by atoms with E-state index in [4.69, 9.17) is 9.52 Å². The summed E-state index contributed by atoms with van der Waals surface area (Å²) in [4.78, 5) is 27.9. The third-order valence-corrected chi connectivity index (χ3v) is 4.50. The third kappa shape index (κ3) is 4.18. The zero-order chi connectivity index (χ0) is 20.9. The highest BCUT2D eigenvalue weighted by molar-refractivity contribution is 5.87. The summed E-state index contributed by atoms with van der Waals surface area (Å²) < 4.78 is 7.06. The van der Waals surface area contributed by atoms with Crippen molar-refractivity contribution in [1.29, 1.82) is 0 Å². The quantitative estimate of drug-likeness (QED) is 0.489. The molecule has 0 unspecified atom stereocenters. The highest BCUT2D eigenvalue weighted by Gasteiger charge is 2.13. The summed E-state index contributed by atoms with van der Waals surface area (Å²) in [6.07, 6.45) is 3.11. The van der Waals surface area contributed by atoms with Gasteiger partial charge in [0.15, 0.2) is 5.76 Å². The first-order valence-electron chi connectivity index (χ1n) is 9.22. The van der Waals surface area contributed by atoms with E-state index in [0.29, 0.717) is 17.9 Å². The third-order valence-electron chi connectivity index (χ3n) is 4.50. The van der Waals surface area contributed by atoms with Crippen molar-refractivity contribution in [3.05, 3.63) is 94.5 Å². The standard InChI is InChI=1S/C22H18N4O4/c27-21-18(20-24-13-19(30-20)16-4-2-1-3-5-16)10-11-25-26(21)14-23-12-15-6-8-17(9-7-15)22(28)29/h1-11,13,23H,12,14H2,(H,28,29). The van der Waals surface area contributed by atoms with E-state index in [-0.39, 0.29) is 23.7 Å². The van der Waals surface area contributed by atoms with Crippen LogP contribution in [0.5, 0.6) is 0 Å². The van der Waals surface area contributed by atoms with E-state index in [9.17, 15) is 9.59 Å². The number of carboxylic acid groups (broad SMARTS) is 1. The van der Waals surface area contributed by atoms with Crippen LogP contribution < -0.4 is 10.9 Å². The molecular weight excluding hydrogens is 384 g/mol. The van der Waals surface area contributed by atoms with Crippen LogP contribution in [0.3, 0.4) is 0 Å². The highest BCUT2D eigenvalue weighted by Crippen LogP contribution is 2.23. The Morgan fingerprint density at radius 3 is 2.57 bits per heavy atom. The number of benzene rings is 2. The van der Waals surface area contributed by atoms with Crippen LogP contribution in [0.4, 0.5) is 0 Å². The highest BCUT2D eigenvalue weighted by atomic mass is 16.4. The number of aromatic nitrogens is 3. The molecule has 0 amide bonds. The van der Waals surface area contributed by atoms with Crippen molar-refractivity contribution in [2.24, 2.45) is 0 Å². The Bertz CT molecular complexity index is 1210. The Labute approximate surface area is 171 Å². The SMILES string of the molecule is O=C(O)c1ccc(CNCn2nccc(-c3ncc(-c4ccccc4)o3)c2=O)cc1. The van der Waals surface area contributed by atoms with Crippen molar-refractivity contribution in [1.82, 2.24) is 20.1 Å². The summed E-state index contributed by atoms with van der Waals surface area (Å²) in [6, 6.07) is 17.6. The number of carbonyl (C=O) groups is 1. The van der Waals surface area contributed by atoms with Gasteiger partial charge in [-0.05, 0) is 23.8 Å². The number of nitrogens with zero attached hydrogens (tertiary/aromatic N) is 3. The van der Waals surface area contributed by atoms with Gasteiger partial charge in [-0.15, -0.1) is 0 Å². The minimum absolute atomic E-state index is 0.180. The van der Waals surface area contributed by atoms with Crippen molar-refractivity contribution in [3.8, 4) is 22.8 Å². The molecule has 2 aromatic carbocycles. The van der Waals surface area contributed by atoms with Crippen molar-refractivity contribution in [2.45, 2.75) is 13.2 Å². The van der Waals surface area contributed by atoms with Gasteiger partial charge in [0.1, 0.15) is 5.56 Å². The van der Waals surface area contributed by atoms with Gasteiger partial charge in [0.05, 0.1) is 18.4 Å². The maximum absolute atomic E-state index is 12.8. The van der Waals surface area contributed by atoms with Crippen LogP contribution in [0.1, 0.15) is 15.9 Å². The molecular formula is C22H18N4O4. The maximum atomic E-state index is 12.8. The number of oxazole rings is 1. The van der Waals surface area contributed by atoms with Gasteiger partial charge in [-0.3, -0.25) is 10.1 Å². The van der Waals surface area contributed by atoms with Gasteiger partial charge >= 0.3 is 5.97 Å². The fraction of sp³-hybridized carbons (Fsp3) is 0.0909. The lowest BCUT2D eigenvalue weighted by Gasteiger charge is -2.08. The van der Waals surface area contributed by atoms with E-state index < -0.39 is 5.97 Å². The monoisotopic (exact) mass is 402 g/mol. The topological polar surface area (TPSA) is 110 Å². The second kappa shape index (κ2) is 8.54. The van der Waals surface area contributed by atoms with Crippen LogP contribution >= 0.6 is 0 Å². The van der Waals surface area contributed by atoms with E-state index in [2.05, 4.69) is 15.4 Å². The molecule has 8 heteroatoms. The Morgan fingerprint density at radius 2 is 1.83 bits per heavy atom. The first-order chi connectivity index (χ1) is 14.6. The summed E-state index contributed by atoms with van der Waals surface area (Å²) in [6.45, 7) is 0.634. The Morgan fingerprint density at radius 1 is 1.07 bits per heavy atom. The van der Waals surface area contributed by atoms with Crippen LogP contribution in [-0.2, 0) is 13.2 Å². The van der Waals surface area contributed by atoms with Crippen molar-refractivity contribution >= 4 is 5.97 Å². The normalized spacial score (nSPS) is 10.8. The second-order valence-electron chi connectivity index (χ2n) is 6.53. The van der Waals surface area contributed by atoms with Crippen molar-refractivity contribution in [2.75, 3.05) is 0 Å². The average molecular weight is 402 g/mol. The molecule has 2 heterocycles. The molecule has 0 aliphatic heterocycles. The van der Waals surface area contributed by atoms with E-state index >= 15 is 0 Å². The zero-order valence-electron chi connectivity index (χ0n) is 15.9. The molecule has 0 saturated carbocycles. The molecule has 0 aliphatic carbocycles. The maximum Gasteiger partial charge on any atom is 0.335 e. The molecule has 2 N–H and O–H groups in total. The molecule has 0 radical (unpaired) electrons. The molecule has 0 bridgehead atoms. The van der Waals surface area contributed by atoms with Crippen LogP contribution in [0.15, 0.2) is 82.3 Å². The molecule has 2 aromatic heterocycles. The molecule has 150 valence electrons. The fourth-order valence-electron chi connectivity index (χ4n) is 2.93. The van der Waals surface area contributed by atoms with E-state index in [1.807, 2.05) is 30.3 Å². The summed E-state index contributed by atoms with van der Waals surface area (Å²) in [5.41, 5.74) is 1.99. The van der Waals surface area contributed by atoms with Crippen LogP contribution in [-0.4, -0.2) is 25.8 Å². The largest absolute Gasteiger partial charge is 0.478 e. The minimum Gasteiger partial charge on any atom is -0.478 e. The number of nitrogens with one attached hydrogen (secondary N) is 1. The van der Waals surface area contributed by atoms with E-state index in [0.717, 1.165) is 11.1 Å². The van der Waals surface area contributed by atoms with Crippen molar-refractivity contribution in [3.63, 3.8) is 0 Å². The molecule has 4 aromatic rings. The Balaban J connectivity index is 1.46. The van der Waals surface area contributed by atoms with Gasteiger partial charge in [-0.1, -0.05) is 42.5 Å². The molecule has 0 aliphatic rings. The molecule has 30 heavy (non-hydrogen) atoms. The average Bonchev–Trinajstić information content (AvgIpc) is 3.26. The number of carboxylic acids is 1. The lowest BCUT2D eigenvalue weighted by Crippen LogP contribution is -2.30. The molecule has 4 rings (SSSR count). The van der Waals surface area contributed by atoms with E-state index in [1.54, 1.807) is 24.4 Å². The number of hydrogen-bond acceptors (Lipinski definition) is 6. The summed E-state index contributed by atoms with van der Waals surface area (Å²) in [5, 5.41) is 16.2. The van der Waals surface area contributed by atoms with Gasteiger partial charge in [0, 0.05) is 18.3 Å². The number of rotatable bonds is 7. The molecule has 8 nitrogen and oxygen atoms in total. The summed E-state index contributed by atoms with van der Waals surface area (Å²) in [5.74, 6) is -0.153. The van der Waals surface area contributed by atoms with E-state index in [1.165, 1.54) is 23.0 Å². The van der Waals surface area contributed by atoms with Gasteiger partial charge in [0.25, 0.3) is 5.56 Å². The lowest BCUT2D eigenvalue weighted by molar-refractivity contribution is 0.0697. The lowest BCUT2D eigenvalue weighted by atomic mass is 10.1. The molecule has 0 saturated heterocycles. The second-order valence-corrected chi connectivity index (χ2v) is 6.53. The molecule has 0 atom stereocenters. The minimum atomic E-state index is -0.968. The fourth-order valence-corrected chi connectivity index (χ4v) is 2.93. The molecule has 0 spiro atoms. The Kier molecular flexibility index (Phi) is 5.49. The smallest absolute Gasteiger partial charge is 0.335 e. The van der Waals surface area contributed by atoms with Crippen LogP contribution in [0, 0.1) is 0 Å². The van der Waals surface area contributed by atoms with Gasteiger partial charge in [-0.2, -0.15) is 5.10 Å². The number of aromatic carboxylic acids is 1. The van der Waals surface area contributed by atoms with Gasteiger partial charge < -0.3 is 9.52 Å². The Hall–Kier alpha value is -4.04. The van der Waals surface area contributed by atoms with Crippen LogP contribution in [0.2, 0.25) is 0 Å². The zero-order valence-corrected chi connectivity index (χ0v) is 15.9. The van der Waals surface area contributed by atoms with Crippen molar-refractivity contribution < 1.29 is 14.3 Å². The first kappa shape index (κ1) is 19.3. The first-order valence-corrected chi connectivity index (χ1v) is 9.22. The predicted octanol–water partition coefficient (Wildman–Crippen LogP) is 3.01. The molecule has 0 fully saturated rings. The summed E-state index contributed by atoms with van der Waals surface area (Å²) in [7, 11) is 0. The van der Waals surface area contributed by atoms with Gasteiger partial charge in [-0.25, -0.2) is 14.5 Å². The van der Waals surface area contributed by atoms with Crippen LogP contribution in [0.25, 0.3) is 22.8 Å². The van der Waals surface area contributed by atoms with Gasteiger partial charge in [0.2, 0.25) is 5.89 Å². The summed E-state index contributed by atoms with van der Waals surface area (Å²) >= 11 is 0. The number of hydrogen-bond donors (Lipinski definition) is 2.